The maximum absolute atomic E-state index is 9.97. The summed E-state index contributed by atoms with van der Waals surface area (Å²) < 4.78 is 4.53. The summed E-state index contributed by atoms with van der Waals surface area (Å²) in [5, 5.41) is 8.98. The first-order valence-corrected chi connectivity index (χ1v) is 2.42. The Kier molecular flexibility index (Phi) is 4.94. The molecule has 0 aromatic rings. The van der Waals surface area contributed by atoms with Gasteiger partial charge in [-0.25, -0.2) is 0 Å². The van der Waals surface area contributed by atoms with E-state index in [9.17, 15) is 5.21 Å². The molecule has 0 saturated carbocycles. The molecule has 10 heavy (non-hydrogen) atoms. The minimum Gasteiger partial charge on any atom is -0.580 e. The van der Waals surface area contributed by atoms with Gasteiger partial charge in [0.15, 0.2) is 0 Å². The highest BCUT2D eigenvalue weighted by Crippen LogP contribution is 1.78. The second-order valence-electron chi connectivity index (χ2n) is 1.32. The van der Waals surface area contributed by atoms with Crippen molar-refractivity contribution in [1.29, 1.82) is 0 Å². The van der Waals surface area contributed by atoms with Gasteiger partial charge in [0.2, 0.25) is 0 Å². The van der Waals surface area contributed by atoms with Gasteiger partial charge in [-0.1, -0.05) is 0 Å². The summed E-state index contributed by atoms with van der Waals surface area (Å²) >= 11 is 0. The molecule has 60 valence electrons. The highest BCUT2D eigenvalue weighted by atomic mass is 17.0. The Bertz CT molecular complexity index is 97.7. The van der Waals surface area contributed by atoms with Gasteiger partial charge in [0, 0.05) is 0 Å². The fraction of sp³-hybridized carbons (Fsp3) is 0.667. The fourth-order valence-corrected chi connectivity index (χ4v) is 0.275. The third-order valence-electron chi connectivity index (χ3n) is 0.562. The second kappa shape index (κ2) is 5.23. The molecule has 0 fully saturated rings. The van der Waals surface area contributed by atoms with Gasteiger partial charge in [-0.05, 0) is 6.72 Å². The van der Waals surface area contributed by atoms with Crippen molar-refractivity contribution >= 4 is 6.72 Å². The number of nitrogens with two attached hydrogens (primary N) is 2. The molecule has 0 aromatic carbocycles. The smallest absolute Gasteiger partial charge is 0.274 e. The highest BCUT2D eigenvalue weighted by Gasteiger charge is 2.03. The van der Waals surface area contributed by atoms with Gasteiger partial charge in [0.1, 0.15) is 6.73 Å². The van der Waals surface area contributed by atoms with Crippen molar-refractivity contribution < 1.29 is 14.9 Å². The van der Waals surface area contributed by atoms with Crippen LogP contribution >= 0.6 is 0 Å². The zero-order chi connectivity index (χ0) is 7.98. The molecule has 0 aliphatic carbocycles. The summed E-state index contributed by atoms with van der Waals surface area (Å²) in [6, 6.07) is 0. The molecule has 2 unspecified atom stereocenters. The maximum atomic E-state index is 9.97. The van der Waals surface area contributed by atoms with E-state index in [1.807, 2.05) is 0 Å². The van der Waals surface area contributed by atoms with Crippen molar-refractivity contribution in [2.75, 3.05) is 6.73 Å². The number of rotatable bonds is 5. The van der Waals surface area contributed by atoms with E-state index in [0.717, 1.165) is 0 Å². The van der Waals surface area contributed by atoms with Gasteiger partial charge < -0.3 is 9.94 Å². The normalized spacial score (nSPS) is 16.3. The summed E-state index contributed by atoms with van der Waals surface area (Å²) in [5.41, 5.74) is 5.03. The van der Waals surface area contributed by atoms with E-state index in [1.165, 1.54) is 0 Å². The monoisotopic (exact) mass is 150 g/mol. The average Bonchev–Trinajstić information content (AvgIpc) is 1.82. The summed E-state index contributed by atoms with van der Waals surface area (Å²) in [5.74, 6) is 4.60. The van der Waals surface area contributed by atoms with E-state index >= 15 is 0 Å². The van der Waals surface area contributed by atoms with Crippen LogP contribution in [0.4, 0.5) is 0 Å². The first-order valence-electron chi connectivity index (χ1n) is 2.42. The van der Waals surface area contributed by atoms with Crippen LogP contribution in [-0.2, 0) is 9.57 Å². The summed E-state index contributed by atoms with van der Waals surface area (Å²) in [6.45, 7) is 3.08. The molecule has 7 nitrogen and oxygen atoms in total. The number of nitrogens with zero attached hydrogens (tertiary/aromatic N) is 1. The maximum Gasteiger partial charge on any atom is 0.274 e. The van der Waals surface area contributed by atoms with E-state index in [1.54, 1.807) is 0 Å². The molecule has 0 amide bonds. The van der Waals surface area contributed by atoms with Crippen LogP contribution in [0.3, 0.4) is 0 Å². The standard InChI is InChI=1S/C3H10N4O3/c1-6-2-9-3(4)10-7(5)8/h3,7H,1-2,4-5H2. The second-order valence-corrected chi connectivity index (χ2v) is 1.32. The summed E-state index contributed by atoms with van der Waals surface area (Å²) in [6.07, 6.45) is -1.16. The minimum atomic E-state index is -1.16. The molecule has 0 radical (unpaired) electrons. The predicted octanol–water partition coefficient (Wildman–Crippen LogP) is -2.91. The van der Waals surface area contributed by atoms with E-state index in [0.29, 0.717) is 0 Å². The number of aliphatic imine (C=N–C) groups is 1. The van der Waals surface area contributed by atoms with Crippen LogP contribution in [0.5, 0.6) is 0 Å². The first kappa shape index (κ1) is 9.43. The summed E-state index contributed by atoms with van der Waals surface area (Å²) in [4.78, 5) is 7.46. The Balaban J connectivity index is 3.24. The van der Waals surface area contributed by atoms with Gasteiger partial charge in [0.05, 0.1) is 0 Å². The Labute approximate surface area is 57.7 Å². The van der Waals surface area contributed by atoms with Crippen molar-refractivity contribution in [1.82, 2.24) is 0 Å². The lowest BCUT2D eigenvalue weighted by molar-refractivity contribution is -1.07. The average molecular weight is 150 g/mol. The van der Waals surface area contributed by atoms with Crippen LogP contribution in [0.15, 0.2) is 4.99 Å². The quantitative estimate of drug-likeness (QED) is 0.168. The molecule has 0 spiro atoms. The topological polar surface area (TPSA) is 110 Å². The van der Waals surface area contributed by atoms with Gasteiger partial charge in [-0.3, -0.25) is 10.7 Å². The molecular weight excluding hydrogens is 140 g/mol. The molecule has 0 aliphatic heterocycles. The molecule has 7 heteroatoms. The molecule has 0 aliphatic rings. The van der Waals surface area contributed by atoms with E-state index in [2.05, 4.69) is 27.1 Å². The SMILES string of the molecule is C=NCOC(N)O[NH+](N)[O-]. The molecule has 0 rings (SSSR count). The number of ether oxygens (including phenoxy) is 1. The predicted molar refractivity (Wildman–Crippen MR) is 33.1 cm³/mol. The van der Waals surface area contributed by atoms with E-state index < -0.39 is 11.7 Å². The fourth-order valence-electron chi connectivity index (χ4n) is 0.275. The van der Waals surface area contributed by atoms with Gasteiger partial charge in [-0.15, -0.1) is 16.0 Å². The van der Waals surface area contributed by atoms with Crippen LogP contribution in [0.2, 0.25) is 0 Å². The Morgan fingerprint density at radius 1 is 1.80 bits per heavy atom. The minimum absolute atomic E-state index is 0.0333. The van der Waals surface area contributed by atoms with Crippen LogP contribution in [0, 0.1) is 5.21 Å². The summed E-state index contributed by atoms with van der Waals surface area (Å²) in [7, 11) is 0. The lowest BCUT2D eigenvalue weighted by atomic mass is 11.1. The molecule has 0 saturated heterocycles. The zero-order valence-corrected chi connectivity index (χ0v) is 5.32. The van der Waals surface area contributed by atoms with Crippen molar-refractivity contribution in [3.8, 4) is 0 Å². The number of hydrogen-bond donors (Lipinski definition) is 3. The lowest BCUT2D eigenvalue weighted by Crippen LogP contribution is -3.13. The van der Waals surface area contributed by atoms with Crippen molar-refractivity contribution in [2.24, 2.45) is 16.6 Å². The lowest BCUT2D eigenvalue weighted by Gasteiger charge is -2.16. The molecule has 5 N–H and O–H groups in total. The number of quaternary nitrogens is 1. The third-order valence-corrected chi connectivity index (χ3v) is 0.562. The van der Waals surface area contributed by atoms with Crippen LogP contribution in [-0.4, -0.2) is 19.9 Å². The van der Waals surface area contributed by atoms with Crippen LogP contribution in [0.25, 0.3) is 0 Å². The molecule has 0 heterocycles. The van der Waals surface area contributed by atoms with Gasteiger partial charge >= 0.3 is 0 Å². The number of nitrogens with one attached hydrogen (secondary N) is 1. The first-order chi connectivity index (χ1) is 4.66. The Hall–Kier alpha value is -0.570. The van der Waals surface area contributed by atoms with Crippen molar-refractivity contribution in [3.05, 3.63) is 5.21 Å². The highest BCUT2D eigenvalue weighted by molar-refractivity contribution is 5.22. The molecule has 2 atom stereocenters. The van der Waals surface area contributed by atoms with Gasteiger partial charge in [-0.2, -0.15) is 0 Å². The van der Waals surface area contributed by atoms with Crippen molar-refractivity contribution in [3.63, 3.8) is 0 Å². The largest absolute Gasteiger partial charge is 0.580 e. The van der Waals surface area contributed by atoms with Gasteiger partial charge in [0.25, 0.3) is 6.41 Å². The molecular formula is C3H10N4O3. The number of hydrogen-bond acceptors (Lipinski definition) is 6. The van der Waals surface area contributed by atoms with Crippen molar-refractivity contribution in [2.45, 2.75) is 6.41 Å². The van der Waals surface area contributed by atoms with Crippen LogP contribution in [0.1, 0.15) is 0 Å². The third kappa shape index (κ3) is 5.56. The molecule has 0 bridgehead atoms. The molecule has 0 aromatic heterocycles. The van der Waals surface area contributed by atoms with Crippen LogP contribution < -0.4 is 16.9 Å². The Morgan fingerprint density at radius 2 is 2.40 bits per heavy atom. The van der Waals surface area contributed by atoms with E-state index in [4.69, 9.17) is 5.73 Å². The van der Waals surface area contributed by atoms with E-state index in [-0.39, 0.29) is 6.73 Å². The zero-order valence-electron chi connectivity index (χ0n) is 5.32. The Morgan fingerprint density at radius 3 is 2.80 bits per heavy atom.